The fourth-order valence-corrected chi connectivity index (χ4v) is 3.10. The second kappa shape index (κ2) is 6.12. The summed E-state index contributed by atoms with van der Waals surface area (Å²) in [5.74, 6) is 0. The Balaban J connectivity index is 1.46. The van der Waals surface area contributed by atoms with Gasteiger partial charge in [0.15, 0.2) is 0 Å². The Morgan fingerprint density at radius 1 is 1.45 bits per heavy atom. The number of anilines is 1. The van der Waals surface area contributed by atoms with Crippen LogP contribution in [0.25, 0.3) is 0 Å². The largest absolute Gasteiger partial charge is 0.381 e. The van der Waals surface area contributed by atoms with Crippen LogP contribution in [0.15, 0.2) is 18.3 Å². The predicted octanol–water partition coefficient (Wildman–Crippen LogP) is 1.52. The number of hydrogen-bond acceptors (Lipinski definition) is 4. The number of aromatic nitrogens is 1. The molecule has 3 rings (SSSR count). The summed E-state index contributed by atoms with van der Waals surface area (Å²) in [4.78, 5) is 18.3. The van der Waals surface area contributed by atoms with Crippen LogP contribution in [0, 0.1) is 5.41 Å². The number of carbonyl (C=O) groups excluding carboxylic acids is 1. The number of hydrogen-bond donors (Lipinski definition) is 2. The average molecular weight is 304 g/mol. The molecule has 2 aliphatic rings. The van der Waals surface area contributed by atoms with Gasteiger partial charge in [0.05, 0.1) is 12.2 Å². The van der Waals surface area contributed by atoms with Gasteiger partial charge >= 0.3 is 6.03 Å². The van der Waals surface area contributed by atoms with E-state index in [1.807, 2.05) is 31.1 Å². The monoisotopic (exact) mass is 304 g/mol. The van der Waals surface area contributed by atoms with E-state index in [2.05, 4.69) is 15.6 Å². The maximum absolute atomic E-state index is 12.0. The molecule has 1 atom stereocenters. The quantitative estimate of drug-likeness (QED) is 0.885. The van der Waals surface area contributed by atoms with Gasteiger partial charge in [0.1, 0.15) is 0 Å². The summed E-state index contributed by atoms with van der Waals surface area (Å²) in [5, 5.41) is 5.97. The van der Waals surface area contributed by atoms with Crippen molar-refractivity contribution in [1.29, 1.82) is 0 Å². The van der Waals surface area contributed by atoms with Crippen molar-refractivity contribution < 1.29 is 9.53 Å². The van der Waals surface area contributed by atoms with Crippen molar-refractivity contribution >= 4 is 11.7 Å². The van der Waals surface area contributed by atoms with Crippen molar-refractivity contribution in [3.63, 3.8) is 0 Å². The van der Waals surface area contributed by atoms with Crippen LogP contribution < -0.4 is 15.5 Å². The van der Waals surface area contributed by atoms with Gasteiger partial charge in [0.2, 0.25) is 0 Å². The average Bonchev–Trinajstić information content (AvgIpc) is 3.17. The number of carbonyl (C=O) groups is 1. The van der Waals surface area contributed by atoms with Gasteiger partial charge in [0, 0.05) is 45.2 Å². The van der Waals surface area contributed by atoms with Gasteiger partial charge in [-0.05, 0) is 36.8 Å². The summed E-state index contributed by atoms with van der Waals surface area (Å²) in [6.07, 6.45) is 4.97. The third-order valence-electron chi connectivity index (χ3n) is 4.73. The van der Waals surface area contributed by atoms with Crippen LogP contribution in [0.5, 0.6) is 0 Å². The topological polar surface area (TPSA) is 66.5 Å². The number of pyridine rings is 1. The van der Waals surface area contributed by atoms with Crippen molar-refractivity contribution in [3.05, 3.63) is 24.0 Å². The van der Waals surface area contributed by atoms with E-state index in [-0.39, 0.29) is 6.03 Å². The Bertz CT molecular complexity index is 541. The molecular weight excluding hydrogens is 280 g/mol. The lowest BCUT2D eigenvalue weighted by Crippen LogP contribution is -2.39. The molecule has 1 saturated heterocycles. The highest BCUT2D eigenvalue weighted by molar-refractivity contribution is 5.74. The summed E-state index contributed by atoms with van der Waals surface area (Å²) in [6.45, 7) is 2.08. The molecule has 1 saturated carbocycles. The van der Waals surface area contributed by atoms with E-state index in [9.17, 15) is 4.79 Å². The van der Waals surface area contributed by atoms with E-state index >= 15 is 0 Å². The Morgan fingerprint density at radius 3 is 2.95 bits per heavy atom. The number of nitrogens with one attached hydrogen (secondary N) is 2. The van der Waals surface area contributed by atoms with E-state index in [0.717, 1.165) is 43.9 Å². The smallest absolute Gasteiger partial charge is 0.315 e. The zero-order valence-corrected chi connectivity index (χ0v) is 13.3. The number of amides is 2. The van der Waals surface area contributed by atoms with Crippen molar-refractivity contribution in [3.8, 4) is 0 Å². The molecule has 0 radical (unpaired) electrons. The SMILES string of the molecule is CN(C)c1ccnc(CNC(=O)N[C@H]2CC23CCOCC3)c1. The minimum Gasteiger partial charge on any atom is -0.381 e. The van der Waals surface area contributed by atoms with Crippen molar-refractivity contribution in [1.82, 2.24) is 15.6 Å². The van der Waals surface area contributed by atoms with E-state index in [4.69, 9.17) is 4.74 Å². The molecule has 22 heavy (non-hydrogen) atoms. The van der Waals surface area contributed by atoms with Gasteiger partial charge in [-0.1, -0.05) is 0 Å². The van der Waals surface area contributed by atoms with Crippen LogP contribution in [0.3, 0.4) is 0 Å². The second-order valence-electron chi connectivity index (χ2n) is 6.46. The molecule has 2 amide bonds. The van der Waals surface area contributed by atoms with E-state index < -0.39 is 0 Å². The molecule has 6 nitrogen and oxygen atoms in total. The lowest BCUT2D eigenvalue weighted by Gasteiger charge is -2.22. The molecule has 1 aromatic rings. The molecule has 2 N–H and O–H groups in total. The summed E-state index contributed by atoms with van der Waals surface area (Å²) in [7, 11) is 3.97. The number of ether oxygens (including phenoxy) is 1. The minimum absolute atomic E-state index is 0.106. The Labute approximate surface area is 131 Å². The first kappa shape index (κ1) is 15.1. The Kier molecular flexibility index (Phi) is 4.20. The van der Waals surface area contributed by atoms with Crippen LogP contribution in [-0.4, -0.2) is 44.4 Å². The molecule has 0 unspecified atom stereocenters. The van der Waals surface area contributed by atoms with Crippen LogP contribution in [0.2, 0.25) is 0 Å². The van der Waals surface area contributed by atoms with Gasteiger partial charge in [-0.25, -0.2) is 4.79 Å². The molecule has 1 aliphatic heterocycles. The van der Waals surface area contributed by atoms with Crippen LogP contribution in [0.1, 0.15) is 25.0 Å². The molecule has 1 aliphatic carbocycles. The molecule has 0 aromatic carbocycles. The van der Waals surface area contributed by atoms with Crippen molar-refractivity contribution in [2.75, 3.05) is 32.2 Å². The lowest BCUT2D eigenvalue weighted by molar-refractivity contribution is 0.0547. The summed E-state index contributed by atoms with van der Waals surface area (Å²) in [5.41, 5.74) is 2.24. The molecule has 120 valence electrons. The zero-order chi connectivity index (χ0) is 15.6. The number of urea groups is 1. The summed E-state index contributed by atoms with van der Waals surface area (Å²) < 4.78 is 5.39. The van der Waals surface area contributed by atoms with Crippen LogP contribution in [-0.2, 0) is 11.3 Å². The van der Waals surface area contributed by atoms with Gasteiger partial charge in [-0.2, -0.15) is 0 Å². The highest BCUT2D eigenvalue weighted by Gasteiger charge is 2.54. The second-order valence-corrected chi connectivity index (χ2v) is 6.46. The Morgan fingerprint density at radius 2 is 2.23 bits per heavy atom. The number of rotatable bonds is 4. The van der Waals surface area contributed by atoms with Gasteiger partial charge in [-0.15, -0.1) is 0 Å². The first-order valence-corrected chi connectivity index (χ1v) is 7.83. The predicted molar refractivity (Wildman–Crippen MR) is 84.8 cm³/mol. The van der Waals surface area contributed by atoms with Crippen LogP contribution >= 0.6 is 0 Å². The molecule has 1 aromatic heterocycles. The lowest BCUT2D eigenvalue weighted by atomic mass is 9.96. The maximum atomic E-state index is 12.0. The van der Waals surface area contributed by atoms with E-state index in [1.165, 1.54) is 0 Å². The van der Waals surface area contributed by atoms with Crippen molar-refractivity contribution in [2.45, 2.75) is 31.8 Å². The molecule has 0 bridgehead atoms. The zero-order valence-electron chi connectivity index (χ0n) is 13.3. The van der Waals surface area contributed by atoms with Gasteiger partial charge < -0.3 is 20.3 Å². The molecule has 2 fully saturated rings. The van der Waals surface area contributed by atoms with Gasteiger partial charge in [-0.3, -0.25) is 4.98 Å². The molecule has 6 heteroatoms. The molecule has 2 heterocycles. The minimum atomic E-state index is -0.106. The normalized spacial score (nSPS) is 22.2. The number of nitrogens with zero attached hydrogens (tertiary/aromatic N) is 2. The first-order chi connectivity index (χ1) is 10.6. The fraction of sp³-hybridized carbons (Fsp3) is 0.625. The highest BCUT2D eigenvalue weighted by atomic mass is 16.5. The van der Waals surface area contributed by atoms with E-state index in [0.29, 0.717) is 18.0 Å². The standard InChI is InChI=1S/C16H24N4O2/c1-20(2)13-3-6-17-12(9-13)11-18-15(21)19-14-10-16(14)4-7-22-8-5-16/h3,6,9,14H,4-5,7-8,10-11H2,1-2H3,(H2,18,19,21)/t14-/m0/s1. The molecular formula is C16H24N4O2. The van der Waals surface area contributed by atoms with Crippen LogP contribution in [0.4, 0.5) is 10.5 Å². The summed E-state index contributed by atoms with van der Waals surface area (Å²) in [6, 6.07) is 4.13. The van der Waals surface area contributed by atoms with E-state index in [1.54, 1.807) is 6.20 Å². The first-order valence-electron chi connectivity index (χ1n) is 7.83. The Hall–Kier alpha value is -1.82. The third kappa shape index (κ3) is 3.32. The fourth-order valence-electron chi connectivity index (χ4n) is 3.10. The van der Waals surface area contributed by atoms with Gasteiger partial charge in [0.25, 0.3) is 0 Å². The highest BCUT2D eigenvalue weighted by Crippen LogP contribution is 2.53. The molecule has 1 spiro atoms. The van der Waals surface area contributed by atoms with Crippen molar-refractivity contribution in [2.24, 2.45) is 5.41 Å². The summed E-state index contributed by atoms with van der Waals surface area (Å²) >= 11 is 0. The third-order valence-corrected chi connectivity index (χ3v) is 4.73. The maximum Gasteiger partial charge on any atom is 0.315 e.